The van der Waals surface area contributed by atoms with Crippen molar-refractivity contribution >= 4 is 31.9 Å². The molecule has 0 amide bonds. The lowest BCUT2D eigenvalue weighted by atomic mass is 9.83. The molecule has 1 aliphatic heterocycles. The van der Waals surface area contributed by atoms with Crippen LogP contribution in [-0.2, 0) is 22.3 Å². The first-order chi connectivity index (χ1) is 9.34. The highest BCUT2D eigenvalue weighted by molar-refractivity contribution is 6.45. The lowest BCUT2D eigenvalue weighted by Gasteiger charge is -2.32. The van der Waals surface area contributed by atoms with Crippen LogP contribution in [0.15, 0.2) is 6.20 Å². The SMILES string of the molecule is CC1(C)OB(CCCn2cc(CCN)nn2)OC1(C)C.Cl.Cl. The van der Waals surface area contributed by atoms with E-state index in [9.17, 15) is 0 Å². The third kappa shape index (κ3) is 5.10. The van der Waals surface area contributed by atoms with Gasteiger partial charge in [-0.25, -0.2) is 0 Å². The average molecular weight is 353 g/mol. The van der Waals surface area contributed by atoms with E-state index >= 15 is 0 Å². The van der Waals surface area contributed by atoms with E-state index in [-0.39, 0.29) is 43.1 Å². The third-order valence-corrected chi connectivity index (χ3v) is 4.12. The molecule has 0 saturated carbocycles. The van der Waals surface area contributed by atoms with E-state index in [1.807, 2.05) is 10.9 Å². The zero-order chi connectivity index (χ0) is 14.8. The number of nitrogens with two attached hydrogens (primary N) is 1. The van der Waals surface area contributed by atoms with Crippen molar-refractivity contribution in [1.82, 2.24) is 15.0 Å². The van der Waals surface area contributed by atoms with Crippen LogP contribution in [0.3, 0.4) is 0 Å². The lowest BCUT2D eigenvalue weighted by Crippen LogP contribution is -2.41. The molecule has 1 aromatic heterocycles. The van der Waals surface area contributed by atoms with Crippen molar-refractivity contribution in [3.8, 4) is 0 Å². The minimum atomic E-state index is -0.251. The minimum absolute atomic E-state index is 0. The zero-order valence-electron chi connectivity index (χ0n) is 13.7. The molecule has 2 heterocycles. The number of nitrogens with zero attached hydrogens (tertiary/aromatic N) is 3. The van der Waals surface area contributed by atoms with Gasteiger partial charge in [0.15, 0.2) is 0 Å². The highest BCUT2D eigenvalue weighted by Gasteiger charge is 2.50. The van der Waals surface area contributed by atoms with Gasteiger partial charge in [0, 0.05) is 19.2 Å². The molecule has 2 N–H and O–H groups in total. The summed E-state index contributed by atoms with van der Waals surface area (Å²) in [5.41, 5.74) is 5.94. The Morgan fingerprint density at radius 1 is 1.18 bits per heavy atom. The molecule has 0 aromatic carbocycles. The van der Waals surface area contributed by atoms with E-state index in [0.29, 0.717) is 6.54 Å². The molecule has 9 heteroatoms. The number of aromatic nitrogens is 3. The van der Waals surface area contributed by atoms with Gasteiger partial charge in [-0.2, -0.15) is 0 Å². The van der Waals surface area contributed by atoms with Crippen molar-refractivity contribution in [2.24, 2.45) is 5.73 Å². The molecule has 6 nitrogen and oxygen atoms in total. The Bertz CT molecular complexity index is 441. The maximum atomic E-state index is 5.96. The van der Waals surface area contributed by atoms with E-state index in [0.717, 1.165) is 31.4 Å². The zero-order valence-corrected chi connectivity index (χ0v) is 15.4. The predicted molar refractivity (Wildman–Crippen MR) is 92.8 cm³/mol. The molecular weight excluding hydrogens is 326 g/mol. The van der Waals surface area contributed by atoms with Crippen LogP contribution in [0.1, 0.15) is 39.8 Å². The Morgan fingerprint density at radius 3 is 2.32 bits per heavy atom. The van der Waals surface area contributed by atoms with Gasteiger partial charge in [-0.1, -0.05) is 5.21 Å². The second kappa shape index (κ2) is 8.50. The van der Waals surface area contributed by atoms with Gasteiger partial charge in [0.2, 0.25) is 0 Å². The van der Waals surface area contributed by atoms with Crippen LogP contribution < -0.4 is 5.73 Å². The van der Waals surface area contributed by atoms with Gasteiger partial charge >= 0.3 is 7.12 Å². The fourth-order valence-corrected chi connectivity index (χ4v) is 2.21. The second-order valence-electron chi connectivity index (χ2n) is 6.34. The standard InChI is InChI=1S/C13H25BN4O2.2ClH/c1-12(2)13(3,4)20-14(19-12)7-5-9-18-10-11(6-8-15)16-17-18;;/h10H,5-9,15H2,1-4H3;2*1H. The van der Waals surface area contributed by atoms with Crippen molar-refractivity contribution in [3.63, 3.8) is 0 Å². The molecule has 128 valence electrons. The number of rotatable bonds is 6. The number of aryl methyl sites for hydroxylation is 1. The van der Waals surface area contributed by atoms with Crippen molar-refractivity contribution in [1.29, 1.82) is 0 Å². The topological polar surface area (TPSA) is 75.2 Å². The molecule has 0 bridgehead atoms. The molecule has 1 fully saturated rings. The Kier molecular flexibility index (Phi) is 8.37. The molecule has 1 aromatic rings. The summed E-state index contributed by atoms with van der Waals surface area (Å²) in [6.45, 7) is 9.72. The van der Waals surface area contributed by atoms with Crippen molar-refractivity contribution in [2.75, 3.05) is 6.54 Å². The molecule has 0 unspecified atom stereocenters. The van der Waals surface area contributed by atoms with Gasteiger partial charge in [-0.05, 0) is 47.0 Å². The molecule has 0 aliphatic carbocycles. The first kappa shape index (κ1) is 21.7. The average Bonchev–Trinajstić information content (AvgIpc) is 2.83. The third-order valence-electron chi connectivity index (χ3n) is 4.12. The van der Waals surface area contributed by atoms with Gasteiger partial charge in [-0.15, -0.1) is 29.9 Å². The summed E-state index contributed by atoms with van der Waals surface area (Å²) in [5, 5.41) is 8.16. The van der Waals surface area contributed by atoms with E-state index < -0.39 is 0 Å². The Balaban J connectivity index is 0.00000220. The van der Waals surface area contributed by atoms with Crippen LogP contribution in [0.25, 0.3) is 0 Å². The molecule has 0 radical (unpaired) electrons. The summed E-state index contributed by atoms with van der Waals surface area (Å²) in [6, 6.07) is 0. The van der Waals surface area contributed by atoms with E-state index in [2.05, 4.69) is 38.0 Å². The van der Waals surface area contributed by atoms with E-state index in [4.69, 9.17) is 15.0 Å². The molecule has 22 heavy (non-hydrogen) atoms. The van der Waals surface area contributed by atoms with Crippen LogP contribution in [0.5, 0.6) is 0 Å². The summed E-state index contributed by atoms with van der Waals surface area (Å²) < 4.78 is 13.8. The smallest absolute Gasteiger partial charge is 0.403 e. The van der Waals surface area contributed by atoms with Crippen molar-refractivity contribution in [2.45, 2.75) is 64.6 Å². The minimum Gasteiger partial charge on any atom is -0.403 e. The fraction of sp³-hybridized carbons (Fsp3) is 0.846. The molecule has 1 aliphatic rings. The summed E-state index contributed by atoms with van der Waals surface area (Å²) in [7, 11) is -0.132. The predicted octanol–water partition coefficient (Wildman–Crippen LogP) is 2.11. The summed E-state index contributed by atoms with van der Waals surface area (Å²) in [4.78, 5) is 0. The van der Waals surface area contributed by atoms with E-state index in [1.165, 1.54) is 0 Å². The maximum Gasteiger partial charge on any atom is 0.457 e. The summed E-state index contributed by atoms with van der Waals surface area (Å²) in [6.07, 6.45) is 4.54. The van der Waals surface area contributed by atoms with E-state index in [1.54, 1.807) is 0 Å². The highest BCUT2D eigenvalue weighted by Crippen LogP contribution is 2.37. The van der Waals surface area contributed by atoms with Crippen LogP contribution in [0.2, 0.25) is 6.32 Å². The normalized spacial score (nSPS) is 18.7. The van der Waals surface area contributed by atoms with Gasteiger partial charge in [0.05, 0.1) is 16.9 Å². The van der Waals surface area contributed by atoms with Gasteiger partial charge in [0.1, 0.15) is 0 Å². The Hall–Kier alpha value is -0.335. The number of halogens is 2. The summed E-state index contributed by atoms with van der Waals surface area (Å²) >= 11 is 0. The molecular formula is C13H27BCl2N4O2. The molecule has 0 spiro atoms. The fourth-order valence-electron chi connectivity index (χ4n) is 2.21. The number of hydrogen-bond donors (Lipinski definition) is 1. The van der Waals surface area contributed by atoms with Crippen LogP contribution >= 0.6 is 24.8 Å². The van der Waals surface area contributed by atoms with Crippen molar-refractivity contribution < 1.29 is 9.31 Å². The van der Waals surface area contributed by atoms with Gasteiger partial charge in [0.25, 0.3) is 0 Å². The monoisotopic (exact) mass is 352 g/mol. The first-order valence-corrected chi connectivity index (χ1v) is 7.29. The Morgan fingerprint density at radius 2 is 1.77 bits per heavy atom. The number of hydrogen-bond acceptors (Lipinski definition) is 5. The highest BCUT2D eigenvalue weighted by atomic mass is 35.5. The van der Waals surface area contributed by atoms with Crippen LogP contribution in [-0.4, -0.2) is 39.9 Å². The van der Waals surface area contributed by atoms with Crippen molar-refractivity contribution in [3.05, 3.63) is 11.9 Å². The first-order valence-electron chi connectivity index (χ1n) is 7.29. The van der Waals surface area contributed by atoms with Gasteiger partial charge < -0.3 is 15.0 Å². The lowest BCUT2D eigenvalue weighted by molar-refractivity contribution is 0.00578. The van der Waals surface area contributed by atoms with Crippen LogP contribution in [0, 0.1) is 0 Å². The second-order valence-corrected chi connectivity index (χ2v) is 6.34. The molecule has 2 rings (SSSR count). The van der Waals surface area contributed by atoms with Crippen LogP contribution in [0.4, 0.5) is 0 Å². The molecule has 0 atom stereocenters. The summed E-state index contributed by atoms with van der Waals surface area (Å²) in [5.74, 6) is 0. The quantitative estimate of drug-likeness (QED) is 0.793. The largest absolute Gasteiger partial charge is 0.457 e. The Labute approximate surface area is 145 Å². The molecule has 1 saturated heterocycles. The maximum absolute atomic E-state index is 5.96. The van der Waals surface area contributed by atoms with Gasteiger partial charge in [-0.3, -0.25) is 4.68 Å².